The van der Waals surface area contributed by atoms with Gasteiger partial charge in [0.1, 0.15) is 0 Å². The van der Waals surface area contributed by atoms with Crippen LogP contribution in [0.2, 0.25) is 0 Å². The van der Waals surface area contributed by atoms with Crippen LogP contribution in [0.4, 0.5) is 5.13 Å². The second kappa shape index (κ2) is 6.48. The SMILES string of the molecule is CCCN(C)c1nc(CCC(=O)OC)cs1. The molecule has 1 rings (SSSR count). The van der Waals surface area contributed by atoms with E-state index in [0.717, 1.165) is 23.8 Å². The number of hydrogen-bond acceptors (Lipinski definition) is 5. The summed E-state index contributed by atoms with van der Waals surface area (Å²) in [6, 6.07) is 0. The molecule has 0 unspecified atom stereocenters. The maximum absolute atomic E-state index is 11.0. The average Bonchev–Trinajstić information content (AvgIpc) is 2.75. The van der Waals surface area contributed by atoms with Crippen LogP contribution < -0.4 is 4.90 Å². The predicted molar refractivity (Wildman–Crippen MR) is 66.0 cm³/mol. The van der Waals surface area contributed by atoms with Crippen LogP contribution in [-0.4, -0.2) is 31.7 Å². The summed E-state index contributed by atoms with van der Waals surface area (Å²) in [5.41, 5.74) is 0.966. The number of methoxy groups -OCH3 is 1. The van der Waals surface area contributed by atoms with E-state index in [2.05, 4.69) is 21.5 Å². The molecule has 0 aliphatic heterocycles. The molecule has 0 saturated heterocycles. The number of aromatic nitrogens is 1. The molecule has 0 amide bonds. The fourth-order valence-electron chi connectivity index (χ4n) is 1.35. The maximum atomic E-state index is 11.0. The Hall–Kier alpha value is -1.10. The van der Waals surface area contributed by atoms with Gasteiger partial charge in [-0.1, -0.05) is 6.92 Å². The number of nitrogens with zero attached hydrogens (tertiary/aromatic N) is 2. The third-order valence-corrected chi connectivity index (χ3v) is 3.24. The first kappa shape index (κ1) is 13.0. The second-order valence-electron chi connectivity index (χ2n) is 3.62. The summed E-state index contributed by atoms with van der Waals surface area (Å²) < 4.78 is 4.59. The van der Waals surface area contributed by atoms with Crippen LogP contribution in [0, 0.1) is 0 Å². The maximum Gasteiger partial charge on any atom is 0.305 e. The van der Waals surface area contributed by atoms with Crippen LogP contribution in [0.5, 0.6) is 0 Å². The average molecular weight is 242 g/mol. The number of rotatable bonds is 6. The van der Waals surface area contributed by atoms with Gasteiger partial charge in [-0.25, -0.2) is 4.98 Å². The lowest BCUT2D eigenvalue weighted by Crippen LogP contribution is -2.17. The number of carbonyl (C=O) groups is 1. The Kier molecular flexibility index (Phi) is 5.25. The summed E-state index contributed by atoms with van der Waals surface area (Å²) in [7, 11) is 3.44. The first-order valence-electron chi connectivity index (χ1n) is 5.39. The number of hydrogen-bond donors (Lipinski definition) is 0. The van der Waals surface area contributed by atoms with Crippen molar-refractivity contribution in [2.24, 2.45) is 0 Å². The summed E-state index contributed by atoms with van der Waals surface area (Å²) >= 11 is 1.62. The molecule has 1 heterocycles. The molecule has 0 N–H and O–H groups in total. The molecule has 0 radical (unpaired) electrons. The molecular formula is C11H18N2O2S. The van der Waals surface area contributed by atoms with E-state index < -0.39 is 0 Å². The van der Waals surface area contributed by atoms with Gasteiger partial charge in [0.2, 0.25) is 0 Å². The van der Waals surface area contributed by atoms with Crippen molar-refractivity contribution >= 4 is 22.4 Å². The lowest BCUT2D eigenvalue weighted by atomic mass is 10.2. The Bertz CT molecular complexity index is 338. The van der Waals surface area contributed by atoms with Crippen molar-refractivity contribution in [3.8, 4) is 0 Å². The van der Waals surface area contributed by atoms with Crippen molar-refractivity contribution in [1.29, 1.82) is 0 Å². The van der Waals surface area contributed by atoms with Crippen LogP contribution in [-0.2, 0) is 16.0 Å². The lowest BCUT2D eigenvalue weighted by Gasteiger charge is -2.13. The Morgan fingerprint density at radius 3 is 3.00 bits per heavy atom. The zero-order valence-corrected chi connectivity index (χ0v) is 10.8. The normalized spacial score (nSPS) is 10.2. The fraction of sp³-hybridized carbons (Fsp3) is 0.636. The molecule has 4 nitrogen and oxygen atoms in total. The molecule has 1 aromatic rings. The van der Waals surface area contributed by atoms with Crippen molar-refractivity contribution in [1.82, 2.24) is 4.98 Å². The molecule has 16 heavy (non-hydrogen) atoms. The van der Waals surface area contributed by atoms with Gasteiger partial charge in [-0.05, 0) is 6.42 Å². The molecule has 0 aliphatic carbocycles. The molecule has 0 bridgehead atoms. The van der Waals surface area contributed by atoms with E-state index in [0.29, 0.717) is 12.8 Å². The van der Waals surface area contributed by atoms with Crippen LogP contribution in [0.15, 0.2) is 5.38 Å². The van der Waals surface area contributed by atoms with Gasteiger partial charge in [0.25, 0.3) is 0 Å². The van der Waals surface area contributed by atoms with E-state index in [1.54, 1.807) is 11.3 Å². The Balaban J connectivity index is 2.48. The van der Waals surface area contributed by atoms with Crippen LogP contribution in [0.1, 0.15) is 25.5 Å². The molecular weight excluding hydrogens is 224 g/mol. The molecule has 0 aliphatic rings. The minimum absolute atomic E-state index is 0.184. The third-order valence-electron chi connectivity index (χ3n) is 2.24. The van der Waals surface area contributed by atoms with Crippen molar-refractivity contribution in [3.05, 3.63) is 11.1 Å². The van der Waals surface area contributed by atoms with E-state index >= 15 is 0 Å². The number of anilines is 1. The highest BCUT2D eigenvalue weighted by Crippen LogP contribution is 2.20. The quantitative estimate of drug-likeness (QED) is 0.716. The summed E-state index contributed by atoms with van der Waals surface area (Å²) in [6.07, 6.45) is 2.16. The van der Waals surface area contributed by atoms with E-state index in [-0.39, 0.29) is 5.97 Å². The lowest BCUT2D eigenvalue weighted by molar-refractivity contribution is -0.140. The van der Waals surface area contributed by atoms with Crippen LogP contribution in [0.3, 0.4) is 0 Å². The smallest absolute Gasteiger partial charge is 0.305 e. The second-order valence-corrected chi connectivity index (χ2v) is 4.46. The molecule has 0 fully saturated rings. The number of esters is 1. The van der Waals surface area contributed by atoms with Crippen molar-refractivity contribution in [3.63, 3.8) is 0 Å². The van der Waals surface area contributed by atoms with Crippen LogP contribution in [0.25, 0.3) is 0 Å². The number of carbonyl (C=O) groups excluding carboxylic acids is 1. The summed E-state index contributed by atoms with van der Waals surface area (Å²) in [5.74, 6) is -0.184. The molecule has 90 valence electrons. The first-order chi connectivity index (χ1) is 7.67. The number of thiazole rings is 1. The molecule has 0 saturated carbocycles. The van der Waals surface area contributed by atoms with Gasteiger partial charge in [0.15, 0.2) is 5.13 Å². The van der Waals surface area contributed by atoms with Gasteiger partial charge >= 0.3 is 5.97 Å². The fourth-order valence-corrected chi connectivity index (χ4v) is 2.20. The summed E-state index contributed by atoms with van der Waals surface area (Å²) in [5, 5.41) is 3.02. The zero-order valence-electron chi connectivity index (χ0n) is 10.0. The largest absolute Gasteiger partial charge is 0.469 e. The summed E-state index contributed by atoms with van der Waals surface area (Å²) in [6.45, 7) is 3.15. The van der Waals surface area contributed by atoms with Crippen molar-refractivity contribution in [2.45, 2.75) is 26.2 Å². The first-order valence-corrected chi connectivity index (χ1v) is 6.27. The van der Waals surface area contributed by atoms with Crippen molar-refractivity contribution in [2.75, 3.05) is 25.6 Å². The minimum atomic E-state index is -0.184. The van der Waals surface area contributed by atoms with Crippen LogP contribution >= 0.6 is 11.3 Å². The van der Waals surface area contributed by atoms with Gasteiger partial charge in [0, 0.05) is 25.4 Å². The molecule has 1 aromatic heterocycles. The van der Waals surface area contributed by atoms with Gasteiger partial charge in [-0.2, -0.15) is 0 Å². The van der Waals surface area contributed by atoms with Gasteiger partial charge < -0.3 is 9.64 Å². The van der Waals surface area contributed by atoms with E-state index in [4.69, 9.17) is 0 Å². The Labute approximate surface area is 100 Å². The van der Waals surface area contributed by atoms with Gasteiger partial charge in [-0.3, -0.25) is 4.79 Å². The van der Waals surface area contributed by atoms with E-state index in [1.807, 2.05) is 12.4 Å². The zero-order chi connectivity index (χ0) is 12.0. The van der Waals surface area contributed by atoms with Gasteiger partial charge in [-0.15, -0.1) is 11.3 Å². The topological polar surface area (TPSA) is 42.4 Å². The van der Waals surface area contributed by atoms with E-state index in [1.165, 1.54) is 7.11 Å². The highest BCUT2D eigenvalue weighted by molar-refractivity contribution is 7.13. The molecule has 0 spiro atoms. The number of ether oxygens (including phenoxy) is 1. The van der Waals surface area contributed by atoms with Gasteiger partial charge in [0.05, 0.1) is 19.2 Å². The Morgan fingerprint density at radius 1 is 1.62 bits per heavy atom. The highest BCUT2D eigenvalue weighted by atomic mass is 32.1. The third kappa shape index (κ3) is 3.81. The molecule has 0 atom stereocenters. The van der Waals surface area contributed by atoms with E-state index in [9.17, 15) is 4.79 Å². The number of aryl methyl sites for hydroxylation is 1. The molecule has 5 heteroatoms. The minimum Gasteiger partial charge on any atom is -0.469 e. The Morgan fingerprint density at radius 2 is 2.38 bits per heavy atom. The standard InChI is InChI=1S/C11H18N2O2S/c1-4-7-13(2)11-12-9(8-16-11)5-6-10(14)15-3/h8H,4-7H2,1-3H3. The predicted octanol–water partition coefficient (Wildman–Crippen LogP) is 2.09. The highest BCUT2D eigenvalue weighted by Gasteiger charge is 2.08. The monoisotopic (exact) mass is 242 g/mol. The summed E-state index contributed by atoms with van der Waals surface area (Å²) in [4.78, 5) is 17.6. The molecule has 0 aromatic carbocycles. The van der Waals surface area contributed by atoms with Crippen molar-refractivity contribution < 1.29 is 9.53 Å².